The summed E-state index contributed by atoms with van der Waals surface area (Å²) in [6.45, 7) is 1.73. The molecule has 3 amide bonds. The maximum Gasteiger partial charge on any atom is 0.416 e. The molecule has 4 N–H and O–H groups in total. The number of carbonyl (C=O) groups excluding carboxylic acids is 2. The highest BCUT2D eigenvalue weighted by atomic mass is 19.4. The number of benzene rings is 2. The molecule has 0 aliphatic rings. The molecule has 12 heteroatoms. The quantitative estimate of drug-likeness (QED) is 0.357. The van der Waals surface area contributed by atoms with E-state index in [1.165, 1.54) is 26.4 Å². The number of hydrazine groups is 1. The zero-order valence-corrected chi connectivity index (χ0v) is 18.9. The smallest absolute Gasteiger partial charge is 0.416 e. The van der Waals surface area contributed by atoms with Gasteiger partial charge in [0.1, 0.15) is 22.9 Å². The molecule has 0 saturated carbocycles. The second-order valence-corrected chi connectivity index (χ2v) is 7.10. The van der Waals surface area contributed by atoms with Gasteiger partial charge in [-0.25, -0.2) is 4.79 Å². The number of methoxy groups -OCH3 is 1. The molecule has 1 aromatic heterocycles. The Balaban J connectivity index is 1.70. The van der Waals surface area contributed by atoms with Crippen LogP contribution in [0.4, 0.5) is 29.3 Å². The zero-order valence-electron chi connectivity index (χ0n) is 18.9. The number of urea groups is 1. The van der Waals surface area contributed by atoms with Gasteiger partial charge in [-0.2, -0.15) is 13.2 Å². The monoisotopic (exact) mass is 489 g/mol. The number of halogens is 3. The van der Waals surface area contributed by atoms with Gasteiger partial charge in [0, 0.05) is 24.9 Å². The van der Waals surface area contributed by atoms with Gasteiger partial charge < -0.3 is 20.1 Å². The molecule has 0 saturated heterocycles. The fraction of sp³-hybridized carbons (Fsp3) is 0.174. The highest BCUT2D eigenvalue weighted by molar-refractivity contribution is 5.92. The van der Waals surface area contributed by atoms with Crippen molar-refractivity contribution in [3.05, 3.63) is 71.5 Å². The van der Waals surface area contributed by atoms with Crippen molar-refractivity contribution in [2.24, 2.45) is 0 Å². The lowest BCUT2D eigenvalue weighted by Gasteiger charge is -2.16. The molecular weight excluding hydrogens is 467 g/mol. The number of aromatic nitrogens is 1. The average molecular weight is 489 g/mol. The van der Waals surface area contributed by atoms with Crippen molar-refractivity contribution in [3.63, 3.8) is 0 Å². The van der Waals surface area contributed by atoms with Gasteiger partial charge in [-0.15, -0.1) is 0 Å². The molecule has 1 heterocycles. The minimum Gasteiger partial charge on any atom is -0.495 e. The van der Waals surface area contributed by atoms with E-state index >= 15 is 0 Å². The SMILES string of the molecule is CNC(=O)c1cc(Oc2cccc(NNC(=O)Nc3cc(C(F)(F)F)ccc3OC)c2C)ccn1. The lowest BCUT2D eigenvalue weighted by molar-refractivity contribution is -0.137. The number of nitrogens with zero attached hydrogens (tertiary/aromatic N) is 1. The van der Waals surface area contributed by atoms with E-state index in [-0.39, 0.29) is 23.0 Å². The van der Waals surface area contributed by atoms with E-state index in [1.807, 2.05) is 0 Å². The summed E-state index contributed by atoms with van der Waals surface area (Å²) in [6, 6.07) is 10.0. The number of hydrogen-bond acceptors (Lipinski definition) is 6. The molecule has 0 spiro atoms. The Labute approximate surface area is 198 Å². The maximum absolute atomic E-state index is 13.0. The summed E-state index contributed by atoms with van der Waals surface area (Å²) in [5.74, 6) is 0.510. The average Bonchev–Trinajstić information content (AvgIpc) is 2.83. The first-order valence-corrected chi connectivity index (χ1v) is 10.2. The van der Waals surface area contributed by atoms with Gasteiger partial charge in [0.15, 0.2) is 0 Å². The van der Waals surface area contributed by atoms with E-state index in [4.69, 9.17) is 9.47 Å². The zero-order chi connectivity index (χ0) is 25.6. The normalized spacial score (nSPS) is 10.8. The maximum atomic E-state index is 13.0. The Hall–Kier alpha value is -4.48. The van der Waals surface area contributed by atoms with Crippen molar-refractivity contribution < 1.29 is 32.2 Å². The summed E-state index contributed by atoms with van der Waals surface area (Å²) in [4.78, 5) is 28.1. The Morgan fingerprint density at radius 2 is 1.77 bits per heavy atom. The fourth-order valence-corrected chi connectivity index (χ4v) is 2.97. The minimum atomic E-state index is -4.58. The van der Waals surface area contributed by atoms with Gasteiger partial charge in [0.2, 0.25) is 0 Å². The van der Waals surface area contributed by atoms with Crippen LogP contribution in [0.1, 0.15) is 21.6 Å². The van der Waals surface area contributed by atoms with Crippen LogP contribution in [0.15, 0.2) is 54.7 Å². The van der Waals surface area contributed by atoms with Crippen molar-refractivity contribution in [1.82, 2.24) is 15.7 Å². The second-order valence-electron chi connectivity index (χ2n) is 7.10. The van der Waals surface area contributed by atoms with E-state index in [1.54, 1.807) is 31.2 Å². The van der Waals surface area contributed by atoms with E-state index in [2.05, 4.69) is 26.5 Å². The lowest BCUT2D eigenvalue weighted by atomic mass is 10.2. The molecule has 3 aromatic rings. The molecule has 2 aromatic carbocycles. The van der Waals surface area contributed by atoms with Gasteiger partial charge in [-0.1, -0.05) is 6.07 Å². The highest BCUT2D eigenvalue weighted by Gasteiger charge is 2.31. The predicted molar refractivity (Wildman–Crippen MR) is 123 cm³/mol. The molecule has 0 aliphatic carbocycles. The lowest BCUT2D eigenvalue weighted by Crippen LogP contribution is -2.34. The van der Waals surface area contributed by atoms with Gasteiger partial charge in [0.05, 0.1) is 24.0 Å². The summed E-state index contributed by atoms with van der Waals surface area (Å²) in [6.07, 6.45) is -3.14. The number of ether oxygens (including phenoxy) is 2. The standard InChI is InChI=1S/C23H22F3N5O4/c1-13-16(5-4-6-19(13)35-15-9-10-28-18(12-15)21(32)27-2)30-31-22(33)29-17-11-14(23(24,25)26)7-8-20(17)34-3/h4-12,30H,1-3H3,(H,27,32)(H2,29,31,33). The third kappa shape index (κ3) is 6.31. The molecule has 0 bridgehead atoms. The summed E-state index contributed by atoms with van der Waals surface area (Å²) in [5, 5.41) is 4.81. The molecule has 35 heavy (non-hydrogen) atoms. The molecule has 0 fully saturated rings. The largest absolute Gasteiger partial charge is 0.495 e. The Morgan fingerprint density at radius 1 is 1.00 bits per heavy atom. The Morgan fingerprint density at radius 3 is 2.46 bits per heavy atom. The number of nitrogens with one attached hydrogen (secondary N) is 4. The first kappa shape index (κ1) is 25.1. The van der Waals surface area contributed by atoms with Crippen LogP contribution in [-0.2, 0) is 6.18 Å². The van der Waals surface area contributed by atoms with Crippen molar-refractivity contribution >= 4 is 23.3 Å². The van der Waals surface area contributed by atoms with Crippen LogP contribution in [0, 0.1) is 6.92 Å². The van der Waals surface area contributed by atoms with Crippen molar-refractivity contribution in [2.45, 2.75) is 13.1 Å². The van der Waals surface area contributed by atoms with E-state index < -0.39 is 17.8 Å². The fourth-order valence-electron chi connectivity index (χ4n) is 2.97. The van der Waals surface area contributed by atoms with Crippen LogP contribution >= 0.6 is 0 Å². The van der Waals surface area contributed by atoms with Gasteiger partial charge in [-0.05, 0) is 43.3 Å². The van der Waals surface area contributed by atoms with Crippen LogP contribution in [0.3, 0.4) is 0 Å². The number of hydrogen-bond donors (Lipinski definition) is 4. The van der Waals surface area contributed by atoms with Gasteiger partial charge in [-0.3, -0.25) is 20.6 Å². The molecule has 0 unspecified atom stereocenters. The third-order valence-corrected chi connectivity index (χ3v) is 4.79. The van der Waals surface area contributed by atoms with Crippen LogP contribution in [0.5, 0.6) is 17.2 Å². The first-order chi connectivity index (χ1) is 16.6. The van der Waals surface area contributed by atoms with Crippen LogP contribution in [-0.4, -0.2) is 31.1 Å². The van der Waals surface area contributed by atoms with Gasteiger partial charge in [0.25, 0.3) is 5.91 Å². The predicted octanol–water partition coefficient (Wildman–Crippen LogP) is 4.72. The van der Waals surface area contributed by atoms with Crippen molar-refractivity contribution in [1.29, 1.82) is 0 Å². The first-order valence-electron chi connectivity index (χ1n) is 10.2. The Kier molecular flexibility index (Phi) is 7.64. The van der Waals surface area contributed by atoms with Gasteiger partial charge >= 0.3 is 12.2 Å². The summed E-state index contributed by atoms with van der Waals surface area (Å²) in [7, 11) is 2.77. The summed E-state index contributed by atoms with van der Waals surface area (Å²) < 4.78 is 49.9. The molecule has 184 valence electrons. The minimum absolute atomic E-state index is 0.0632. The molecule has 3 rings (SSSR count). The van der Waals surface area contributed by atoms with E-state index in [0.717, 1.165) is 18.2 Å². The van der Waals surface area contributed by atoms with Crippen LogP contribution in [0.25, 0.3) is 0 Å². The van der Waals surface area contributed by atoms with E-state index in [0.29, 0.717) is 22.7 Å². The molecule has 0 aliphatic heterocycles. The molecule has 0 atom stereocenters. The van der Waals surface area contributed by atoms with Crippen LogP contribution in [0.2, 0.25) is 0 Å². The number of anilines is 2. The highest BCUT2D eigenvalue weighted by Crippen LogP contribution is 2.35. The second kappa shape index (κ2) is 10.6. The molecular formula is C23H22F3N5O4. The Bertz CT molecular complexity index is 1230. The summed E-state index contributed by atoms with van der Waals surface area (Å²) in [5.41, 5.74) is 5.24. The molecule has 9 nitrogen and oxygen atoms in total. The third-order valence-electron chi connectivity index (χ3n) is 4.79. The molecule has 0 radical (unpaired) electrons. The van der Waals surface area contributed by atoms with E-state index in [9.17, 15) is 22.8 Å². The number of amides is 3. The number of pyridine rings is 1. The number of alkyl halides is 3. The summed E-state index contributed by atoms with van der Waals surface area (Å²) >= 11 is 0. The van der Waals surface area contributed by atoms with Crippen molar-refractivity contribution in [3.8, 4) is 17.2 Å². The number of carbonyl (C=O) groups is 2. The van der Waals surface area contributed by atoms with Crippen LogP contribution < -0.4 is 31.0 Å². The van der Waals surface area contributed by atoms with Crippen molar-refractivity contribution in [2.75, 3.05) is 24.9 Å². The number of rotatable bonds is 7. The topological polar surface area (TPSA) is 114 Å².